The molecule has 124 valence electrons. The van der Waals surface area contributed by atoms with Crippen molar-refractivity contribution in [1.29, 1.82) is 0 Å². The highest BCUT2D eigenvalue weighted by Gasteiger charge is 2.40. The molecule has 1 amide bonds. The highest BCUT2D eigenvalue weighted by molar-refractivity contribution is 5.78. The maximum atomic E-state index is 12.7. The molecule has 4 rings (SSSR count). The molecule has 2 aliphatic rings. The Kier molecular flexibility index (Phi) is 4.38. The zero-order chi connectivity index (χ0) is 16.4. The molecular formula is C22H25NO. The number of fused-ring (bicyclic) bond motifs is 2. The maximum absolute atomic E-state index is 12.7. The molecule has 0 spiro atoms. The van der Waals surface area contributed by atoms with Gasteiger partial charge in [-0.15, -0.1) is 0 Å². The first-order valence-electron chi connectivity index (χ1n) is 9.19. The van der Waals surface area contributed by atoms with E-state index in [1.165, 1.54) is 36.8 Å². The van der Waals surface area contributed by atoms with E-state index in [1.54, 1.807) is 0 Å². The monoisotopic (exact) mass is 319 g/mol. The van der Waals surface area contributed by atoms with Gasteiger partial charge in [-0.3, -0.25) is 4.79 Å². The summed E-state index contributed by atoms with van der Waals surface area (Å²) in [7, 11) is 0. The van der Waals surface area contributed by atoms with Crippen molar-refractivity contribution in [2.24, 2.45) is 11.8 Å². The van der Waals surface area contributed by atoms with Gasteiger partial charge in [0.1, 0.15) is 0 Å². The molecule has 24 heavy (non-hydrogen) atoms. The average Bonchev–Trinajstić information content (AvgIpc) is 3.24. The Bertz CT molecular complexity index is 642. The Labute approximate surface area is 144 Å². The molecule has 0 unspecified atom stereocenters. The van der Waals surface area contributed by atoms with E-state index in [9.17, 15) is 4.79 Å². The molecule has 2 fully saturated rings. The van der Waals surface area contributed by atoms with Crippen molar-refractivity contribution in [1.82, 2.24) is 5.32 Å². The predicted octanol–water partition coefficient (Wildman–Crippen LogP) is 4.51. The summed E-state index contributed by atoms with van der Waals surface area (Å²) in [6, 6.07) is 21.2. The van der Waals surface area contributed by atoms with E-state index < -0.39 is 0 Å². The third-order valence-electron chi connectivity index (χ3n) is 5.88. The van der Waals surface area contributed by atoms with Crippen LogP contribution in [0.25, 0.3) is 0 Å². The zero-order valence-corrected chi connectivity index (χ0v) is 14.0. The van der Waals surface area contributed by atoms with E-state index in [-0.39, 0.29) is 11.8 Å². The topological polar surface area (TPSA) is 29.1 Å². The van der Waals surface area contributed by atoms with Gasteiger partial charge in [-0.25, -0.2) is 0 Å². The van der Waals surface area contributed by atoms with Crippen molar-refractivity contribution in [3.05, 3.63) is 71.8 Å². The highest BCUT2D eigenvalue weighted by atomic mass is 16.1. The number of hydrogen-bond donors (Lipinski definition) is 1. The lowest BCUT2D eigenvalue weighted by Gasteiger charge is -2.24. The van der Waals surface area contributed by atoms with Crippen LogP contribution in [0, 0.1) is 11.8 Å². The fraction of sp³-hybridized carbons (Fsp3) is 0.409. The number of carbonyl (C=O) groups is 1. The molecule has 2 aromatic rings. The Morgan fingerprint density at radius 1 is 0.917 bits per heavy atom. The number of nitrogens with one attached hydrogen (secondary N) is 1. The van der Waals surface area contributed by atoms with Gasteiger partial charge in [0.25, 0.3) is 0 Å². The smallest absolute Gasteiger partial charge is 0.221 e. The summed E-state index contributed by atoms with van der Waals surface area (Å²) in [5.41, 5.74) is 2.43. The third-order valence-corrected chi connectivity index (χ3v) is 5.88. The quantitative estimate of drug-likeness (QED) is 0.863. The second-order valence-corrected chi connectivity index (χ2v) is 7.43. The van der Waals surface area contributed by atoms with Crippen molar-refractivity contribution in [3.8, 4) is 0 Å². The van der Waals surface area contributed by atoms with Gasteiger partial charge < -0.3 is 5.32 Å². The number of benzene rings is 2. The first kappa shape index (κ1) is 15.4. The van der Waals surface area contributed by atoms with Gasteiger partial charge in [-0.05, 0) is 42.2 Å². The molecule has 2 aliphatic carbocycles. The van der Waals surface area contributed by atoms with Gasteiger partial charge in [-0.1, -0.05) is 67.1 Å². The molecule has 0 radical (unpaired) electrons. The number of hydrogen-bond acceptors (Lipinski definition) is 1. The van der Waals surface area contributed by atoms with Gasteiger partial charge in [0.05, 0.1) is 0 Å². The lowest BCUT2D eigenvalue weighted by Crippen LogP contribution is -2.39. The zero-order valence-electron chi connectivity index (χ0n) is 14.0. The summed E-state index contributed by atoms with van der Waals surface area (Å²) in [4.78, 5) is 12.7. The van der Waals surface area contributed by atoms with Gasteiger partial charge in [0, 0.05) is 18.4 Å². The predicted molar refractivity (Wildman–Crippen MR) is 96.7 cm³/mol. The molecule has 2 nitrogen and oxygen atoms in total. The first-order valence-corrected chi connectivity index (χ1v) is 9.19. The second kappa shape index (κ2) is 6.80. The number of carbonyl (C=O) groups excluding carboxylic acids is 1. The largest absolute Gasteiger partial charge is 0.353 e. The standard InChI is InChI=1S/C22H25NO/c24-22(23-21-14-16-11-12-19(21)13-16)15-20(17-7-3-1-4-8-17)18-9-5-2-6-10-18/h1-10,16,19-21H,11-15H2,(H,23,24)/t16-,19-,21-/m0/s1. The molecule has 1 N–H and O–H groups in total. The van der Waals surface area contributed by atoms with E-state index in [4.69, 9.17) is 0 Å². The van der Waals surface area contributed by atoms with Gasteiger partial charge >= 0.3 is 0 Å². The summed E-state index contributed by atoms with van der Waals surface area (Å²) >= 11 is 0. The van der Waals surface area contributed by atoms with E-state index in [0.29, 0.717) is 12.5 Å². The molecule has 2 heteroatoms. The van der Waals surface area contributed by atoms with Crippen molar-refractivity contribution >= 4 is 5.91 Å². The molecule has 3 atom stereocenters. The minimum atomic E-state index is 0.131. The fourth-order valence-corrected chi connectivity index (χ4v) is 4.67. The maximum Gasteiger partial charge on any atom is 0.221 e. The molecule has 0 saturated heterocycles. The van der Waals surface area contributed by atoms with E-state index in [1.807, 2.05) is 12.1 Å². The third kappa shape index (κ3) is 3.24. The lowest BCUT2D eigenvalue weighted by atomic mass is 9.88. The van der Waals surface area contributed by atoms with E-state index in [2.05, 4.69) is 53.8 Å². The normalized spacial score (nSPS) is 25.1. The summed E-state index contributed by atoms with van der Waals surface area (Å²) in [5, 5.41) is 3.34. The first-order chi connectivity index (χ1) is 11.8. The minimum Gasteiger partial charge on any atom is -0.353 e. The molecule has 0 heterocycles. The van der Waals surface area contributed by atoms with Crippen LogP contribution in [0.4, 0.5) is 0 Å². The number of rotatable bonds is 5. The van der Waals surface area contributed by atoms with Crippen LogP contribution in [0.15, 0.2) is 60.7 Å². The molecule has 2 aromatic carbocycles. The van der Waals surface area contributed by atoms with Crippen LogP contribution in [0.3, 0.4) is 0 Å². The van der Waals surface area contributed by atoms with Crippen molar-refractivity contribution in [2.45, 2.75) is 44.1 Å². The van der Waals surface area contributed by atoms with Crippen LogP contribution in [-0.2, 0) is 4.79 Å². The van der Waals surface area contributed by atoms with Crippen molar-refractivity contribution in [3.63, 3.8) is 0 Å². The minimum absolute atomic E-state index is 0.131. The number of amides is 1. The SMILES string of the molecule is O=C(CC(c1ccccc1)c1ccccc1)N[C@H]1C[C@H]2CC[C@H]1C2. The van der Waals surface area contributed by atoms with Crippen molar-refractivity contribution in [2.75, 3.05) is 0 Å². The Balaban J connectivity index is 1.48. The summed E-state index contributed by atoms with van der Waals surface area (Å²) < 4.78 is 0. The van der Waals surface area contributed by atoms with Crippen LogP contribution in [-0.4, -0.2) is 11.9 Å². The lowest BCUT2D eigenvalue weighted by molar-refractivity contribution is -0.122. The Hall–Kier alpha value is -2.09. The van der Waals surface area contributed by atoms with Gasteiger partial charge in [0.15, 0.2) is 0 Å². The van der Waals surface area contributed by atoms with Crippen LogP contribution in [0.2, 0.25) is 0 Å². The molecular weight excluding hydrogens is 294 g/mol. The van der Waals surface area contributed by atoms with Gasteiger partial charge in [-0.2, -0.15) is 0 Å². The average molecular weight is 319 g/mol. The van der Waals surface area contributed by atoms with Crippen LogP contribution in [0.5, 0.6) is 0 Å². The molecule has 0 aromatic heterocycles. The van der Waals surface area contributed by atoms with Crippen LogP contribution >= 0.6 is 0 Å². The molecule has 2 bridgehead atoms. The fourth-order valence-electron chi connectivity index (χ4n) is 4.67. The molecule has 0 aliphatic heterocycles. The van der Waals surface area contributed by atoms with Crippen molar-refractivity contribution < 1.29 is 4.79 Å². The molecule has 2 saturated carbocycles. The Morgan fingerprint density at radius 3 is 2.04 bits per heavy atom. The second-order valence-electron chi connectivity index (χ2n) is 7.43. The van der Waals surface area contributed by atoms with E-state index >= 15 is 0 Å². The summed E-state index contributed by atoms with van der Waals surface area (Å²) in [5.74, 6) is 1.92. The van der Waals surface area contributed by atoms with E-state index in [0.717, 1.165) is 11.8 Å². The van der Waals surface area contributed by atoms with Crippen LogP contribution in [0.1, 0.15) is 49.1 Å². The van der Waals surface area contributed by atoms with Crippen LogP contribution < -0.4 is 5.32 Å². The Morgan fingerprint density at radius 2 is 1.54 bits per heavy atom. The summed E-state index contributed by atoms with van der Waals surface area (Å²) in [6.07, 6.45) is 5.72. The highest BCUT2D eigenvalue weighted by Crippen LogP contribution is 2.44. The van der Waals surface area contributed by atoms with Gasteiger partial charge in [0.2, 0.25) is 5.91 Å². The summed E-state index contributed by atoms with van der Waals surface area (Å²) in [6.45, 7) is 0.